The molecule has 5 nitrogen and oxygen atoms in total. The maximum Gasteiger partial charge on any atom is 0.228 e. The van der Waals surface area contributed by atoms with Gasteiger partial charge in [0, 0.05) is 25.3 Å². The first-order valence-corrected chi connectivity index (χ1v) is 7.14. The van der Waals surface area contributed by atoms with Gasteiger partial charge in [0.2, 0.25) is 5.91 Å². The van der Waals surface area contributed by atoms with Crippen LogP contribution in [0.4, 0.5) is 0 Å². The number of nitrogens with two attached hydrogens (primary N) is 1. The van der Waals surface area contributed by atoms with E-state index in [2.05, 4.69) is 5.32 Å². The molecule has 1 aromatic rings. The predicted molar refractivity (Wildman–Crippen MR) is 76.3 cm³/mol. The number of rotatable bonds is 4. The van der Waals surface area contributed by atoms with Gasteiger partial charge in [-0.1, -0.05) is 0 Å². The summed E-state index contributed by atoms with van der Waals surface area (Å²) in [6.07, 6.45) is 1.37. The number of hydrogen-bond donors (Lipinski definition) is 2. The molecular weight excluding hydrogens is 256 g/mol. The van der Waals surface area contributed by atoms with Crippen LogP contribution in [0.1, 0.15) is 42.9 Å². The first-order chi connectivity index (χ1) is 9.48. The Morgan fingerprint density at radius 1 is 1.45 bits per heavy atom. The molecule has 1 aromatic heterocycles. The van der Waals surface area contributed by atoms with Gasteiger partial charge in [-0.3, -0.25) is 4.79 Å². The van der Waals surface area contributed by atoms with Crippen molar-refractivity contribution in [3.8, 4) is 0 Å². The topological polar surface area (TPSA) is 77.5 Å². The highest BCUT2D eigenvalue weighted by Crippen LogP contribution is 2.31. The lowest BCUT2D eigenvalue weighted by Gasteiger charge is -2.35. The lowest BCUT2D eigenvalue weighted by Crippen LogP contribution is -2.49. The minimum Gasteiger partial charge on any atom is -0.466 e. The number of ether oxygens (including phenoxy) is 1. The largest absolute Gasteiger partial charge is 0.466 e. The molecule has 20 heavy (non-hydrogen) atoms. The normalized spacial score (nSPS) is 19.6. The van der Waals surface area contributed by atoms with Crippen molar-refractivity contribution < 1.29 is 13.9 Å². The zero-order chi connectivity index (χ0) is 14.8. The number of furan rings is 1. The molecule has 2 heterocycles. The van der Waals surface area contributed by atoms with Crippen LogP contribution in [-0.4, -0.2) is 25.7 Å². The molecule has 0 spiro atoms. The van der Waals surface area contributed by atoms with Gasteiger partial charge in [-0.05, 0) is 39.7 Å². The van der Waals surface area contributed by atoms with Crippen molar-refractivity contribution in [2.24, 2.45) is 11.1 Å². The molecule has 112 valence electrons. The minimum atomic E-state index is -0.487. The fourth-order valence-corrected chi connectivity index (χ4v) is 2.79. The molecule has 1 aliphatic rings. The van der Waals surface area contributed by atoms with Gasteiger partial charge >= 0.3 is 0 Å². The van der Waals surface area contributed by atoms with Crippen LogP contribution in [0.5, 0.6) is 0 Å². The van der Waals surface area contributed by atoms with E-state index >= 15 is 0 Å². The molecule has 0 saturated carbocycles. The second-order valence-corrected chi connectivity index (χ2v) is 5.66. The number of amides is 1. The summed E-state index contributed by atoms with van der Waals surface area (Å²) < 4.78 is 10.9. The van der Waals surface area contributed by atoms with Crippen LogP contribution in [-0.2, 0) is 9.53 Å². The zero-order valence-electron chi connectivity index (χ0n) is 12.5. The summed E-state index contributed by atoms with van der Waals surface area (Å²) in [6, 6.07) is 1.89. The Hall–Kier alpha value is -1.33. The summed E-state index contributed by atoms with van der Waals surface area (Å²) in [5.41, 5.74) is 6.39. The van der Waals surface area contributed by atoms with E-state index in [-0.39, 0.29) is 11.9 Å². The molecule has 5 heteroatoms. The SMILES string of the molecule is Cc1cc(C(C)NC(=O)C2(CN)CCOCC2)c(C)o1. The van der Waals surface area contributed by atoms with Crippen molar-refractivity contribution in [1.82, 2.24) is 5.32 Å². The molecule has 3 N–H and O–H groups in total. The Bertz CT molecular complexity index is 475. The van der Waals surface area contributed by atoms with E-state index in [1.54, 1.807) is 0 Å². The third-order valence-electron chi connectivity index (χ3n) is 4.22. The first kappa shape index (κ1) is 15.1. The highest BCUT2D eigenvalue weighted by Gasteiger charge is 2.39. The molecule has 0 radical (unpaired) electrons. The van der Waals surface area contributed by atoms with Crippen molar-refractivity contribution >= 4 is 5.91 Å². The van der Waals surface area contributed by atoms with Crippen molar-refractivity contribution in [2.75, 3.05) is 19.8 Å². The third-order valence-corrected chi connectivity index (χ3v) is 4.22. The van der Waals surface area contributed by atoms with E-state index < -0.39 is 5.41 Å². The number of carbonyl (C=O) groups excluding carboxylic acids is 1. The van der Waals surface area contributed by atoms with Crippen LogP contribution in [0.25, 0.3) is 0 Å². The van der Waals surface area contributed by atoms with Gasteiger partial charge in [-0.2, -0.15) is 0 Å². The van der Waals surface area contributed by atoms with E-state index in [9.17, 15) is 4.79 Å². The van der Waals surface area contributed by atoms with Gasteiger partial charge in [0.1, 0.15) is 11.5 Å². The van der Waals surface area contributed by atoms with E-state index in [1.165, 1.54) is 0 Å². The maximum atomic E-state index is 12.6. The Morgan fingerprint density at radius 3 is 2.60 bits per heavy atom. The average Bonchev–Trinajstić information content (AvgIpc) is 2.78. The van der Waals surface area contributed by atoms with Crippen LogP contribution in [0.15, 0.2) is 10.5 Å². The van der Waals surface area contributed by atoms with Crippen LogP contribution < -0.4 is 11.1 Å². The van der Waals surface area contributed by atoms with Crippen molar-refractivity contribution in [3.63, 3.8) is 0 Å². The second kappa shape index (κ2) is 5.97. The van der Waals surface area contributed by atoms with Crippen molar-refractivity contribution in [1.29, 1.82) is 0 Å². The van der Waals surface area contributed by atoms with Crippen molar-refractivity contribution in [2.45, 2.75) is 39.7 Å². The standard InChI is InChI=1S/C15H24N2O3/c1-10-8-13(12(3)20-10)11(2)17-14(18)15(9-16)4-6-19-7-5-15/h8,11H,4-7,9,16H2,1-3H3,(H,17,18). The van der Waals surface area contributed by atoms with E-state index in [0.717, 1.165) is 17.1 Å². The third kappa shape index (κ3) is 2.88. The fraction of sp³-hybridized carbons (Fsp3) is 0.667. The zero-order valence-corrected chi connectivity index (χ0v) is 12.5. The lowest BCUT2D eigenvalue weighted by atomic mass is 9.79. The summed E-state index contributed by atoms with van der Waals surface area (Å²) >= 11 is 0. The Balaban J connectivity index is 2.08. The van der Waals surface area contributed by atoms with E-state index in [0.29, 0.717) is 32.6 Å². The highest BCUT2D eigenvalue weighted by molar-refractivity contribution is 5.83. The summed E-state index contributed by atoms with van der Waals surface area (Å²) in [5.74, 6) is 1.73. The summed E-state index contributed by atoms with van der Waals surface area (Å²) in [7, 11) is 0. The maximum absolute atomic E-state index is 12.6. The molecule has 2 rings (SSSR count). The second-order valence-electron chi connectivity index (χ2n) is 5.66. The summed E-state index contributed by atoms with van der Waals surface area (Å²) in [4.78, 5) is 12.6. The molecule has 1 unspecified atom stereocenters. The average molecular weight is 280 g/mol. The summed E-state index contributed by atoms with van der Waals surface area (Å²) in [5, 5.41) is 3.08. The van der Waals surface area contributed by atoms with Gasteiger partial charge in [0.15, 0.2) is 0 Å². The van der Waals surface area contributed by atoms with Gasteiger partial charge in [0.25, 0.3) is 0 Å². The molecule has 1 atom stereocenters. The smallest absolute Gasteiger partial charge is 0.228 e. The van der Waals surface area contributed by atoms with Crippen LogP contribution >= 0.6 is 0 Å². The van der Waals surface area contributed by atoms with Crippen LogP contribution in [0.2, 0.25) is 0 Å². The Labute approximate surface area is 119 Å². The first-order valence-electron chi connectivity index (χ1n) is 7.14. The number of carbonyl (C=O) groups is 1. The lowest BCUT2D eigenvalue weighted by molar-refractivity contribution is -0.136. The quantitative estimate of drug-likeness (QED) is 0.882. The molecule has 1 fully saturated rings. The Kier molecular flexibility index (Phi) is 4.50. The predicted octanol–water partition coefficient (Wildman–Crippen LogP) is 1.83. The number of aryl methyl sites for hydroxylation is 2. The molecule has 1 amide bonds. The van der Waals surface area contributed by atoms with Gasteiger partial charge in [-0.25, -0.2) is 0 Å². The van der Waals surface area contributed by atoms with Crippen molar-refractivity contribution in [3.05, 3.63) is 23.2 Å². The van der Waals surface area contributed by atoms with Crippen LogP contribution in [0, 0.1) is 19.3 Å². The molecule has 1 saturated heterocycles. The van der Waals surface area contributed by atoms with E-state index in [4.69, 9.17) is 14.9 Å². The highest BCUT2D eigenvalue weighted by atomic mass is 16.5. The van der Waals surface area contributed by atoms with Gasteiger partial charge in [0.05, 0.1) is 11.5 Å². The number of nitrogens with one attached hydrogen (secondary N) is 1. The molecule has 0 bridgehead atoms. The minimum absolute atomic E-state index is 0.0223. The van der Waals surface area contributed by atoms with Crippen LogP contribution in [0.3, 0.4) is 0 Å². The Morgan fingerprint density at radius 2 is 2.10 bits per heavy atom. The molecule has 1 aliphatic heterocycles. The monoisotopic (exact) mass is 280 g/mol. The van der Waals surface area contributed by atoms with Gasteiger partial charge < -0.3 is 20.2 Å². The molecule has 0 aliphatic carbocycles. The number of hydrogen-bond acceptors (Lipinski definition) is 4. The van der Waals surface area contributed by atoms with E-state index in [1.807, 2.05) is 26.8 Å². The molecular formula is C15H24N2O3. The summed E-state index contributed by atoms with van der Waals surface area (Å²) in [6.45, 7) is 7.35. The van der Waals surface area contributed by atoms with Gasteiger partial charge in [-0.15, -0.1) is 0 Å². The fourth-order valence-electron chi connectivity index (χ4n) is 2.79. The molecule has 0 aromatic carbocycles.